The Labute approximate surface area is 143 Å². The Hall–Kier alpha value is -2.67. The molecule has 1 unspecified atom stereocenters. The van der Waals surface area contributed by atoms with Gasteiger partial charge in [-0.15, -0.1) is 0 Å². The highest BCUT2D eigenvalue weighted by Gasteiger charge is 2.39. The molecule has 2 N–H and O–H groups in total. The van der Waals surface area contributed by atoms with Gasteiger partial charge in [0, 0.05) is 12.2 Å². The summed E-state index contributed by atoms with van der Waals surface area (Å²) in [7, 11) is 0. The van der Waals surface area contributed by atoms with E-state index in [1.165, 1.54) is 35.2 Å². The van der Waals surface area contributed by atoms with Gasteiger partial charge in [0.05, 0.1) is 6.54 Å². The Morgan fingerprint density at radius 2 is 2.04 bits per heavy atom. The summed E-state index contributed by atoms with van der Waals surface area (Å²) in [6.45, 7) is 2.11. The van der Waals surface area contributed by atoms with Crippen molar-refractivity contribution in [1.29, 1.82) is 0 Å². The predicted molar refractivity (Wildman–Crippen MR) is 89.2 cm³/mol. The summed E-state index contributed by atoms with van der Waals surface area (Å²) < 4.78 is 18.4. The predicted octanol–water partition coefficient (Wildman–Crippen LogP) is 1.48. The number of amides is 1. The Balaban J connectivity index is 1.64. The lowest BCUT2D eigenvalue weighted by atomic mass is 10.1. The number of halogens is 1. The zero-order chi connectivity index (χ0) is 18.0. The minimum Gasteiger partial charge on any atom is -0.491 e. The van der Waals surface area contributed by atoms with E-state index in [9.17, 15) is 19.1 Å². The summed E-state index contributed by atoms with van der Waals surface area (Å²) in [5, 5.41) is 10.6. The molecule has 1 aliphatic rings. The molecule has 7 heteroatoms. The number of aromatic amines is 1. The molecule has 25 heavy (non-hydrogen) atoms. The first kappa shape index (κ1) is 17.2. The van der Waals surface area contributed by atoms with E-state index in [2.05, 4.69) is 4.98 Å². The molecule has 1 aliphatic heterocycles. The third kappa shape index (κ3) is 3.88. The number of carbonyl (C=O) groups is 1. The largest absolute Gasteiger partial charge is 0.491 e. The number of aromatic nitrogens is 1. The molecule has 0 spiro atoms. The van der Waals surface area contributed by atoms with Crippen molar-refractivity contribution >= 4 is 5.91 Å². The number of β-amino-alcohol motifs (C(OH)–C–C–N with tert-alkyl or cyclic N) is 1. The number of aryl methyl sites for hydroxylation is 1. The van der Waals surface area contributed by atoms with E-state index in [-0.39, 0.29) is 24.5 Å². The lowest BCUT2D eigenvalue weighted by Gasteiger charge is -2.23. The highest BCUT2D eigenvalue weighted by Crippen LogP contribution is 2.24. The third-order valence-corrected chi connectivity index (χ3v) is 4.23. The van der Waals surface area contributed by atoms with Crippen LogP contribution in [-0.4, -0.2) is 46.2 Å². The fourth-order valence-corrected chi connectivity index (χ4v) is 2.81. The Morgan fingerprint density at radius 1 is 1.32 bits per heavy atom. The Kier molecular flexibility index (Phi) is 4.59. The molecule has 0 saturated carbocycles. The van der Waals surface area contributed by atoms with Crippen LogP contribution in [0.3, 0.4) is 0 Å². The molecule has 1 saturated heterocycles. The molecule has 2 aromatic rings. The molecule has 1 amide bonds. The van der Waals surface area contributed by atoms with E-state index >= 15 is 0 Å². The lowest BCUT2D eigenvalue weighted by molar-refractivity contribution is 0.00427. The smallest absolute Gasteiger partial charge is 0.260 e. The van der Waals surface area contributed by atoms with Crippen LogP contribution in [-0.2, 0) is 0 Å². The molecule has 0 aliphatic carbocycles. The second kappa shape index (κ2) is 6.68. The number of H-pyrrole nitrogens is 1. The molecule has 1 aromatic heterocycles. The maximum atomic E-state index is 12.9. The topological polar surface area (TPSA) is 82.6 Å². The molecular formula is C18H19FN2O4. The molecule has 3 rings (SSSR count). The summed E-state index contributed by atoms with van der Waals surface area (Å²) in [5.74, 6) is -0.347. The highest BCUT2D eigenvalue weighted by atomic mass is 19.1. The molecule has 6 nitrogen and oxygen atoms in total. The van der Waals surface area contributed by atoms with Crippen molar-refractivity contribution < 1.29 is 19.0 Å². The maximum Gasteiger partial charge on any atom is 0.260 e. The number of nitrogens with one attached hydrogen (secondary N) is 1. The number of carbonyl (C=O) groups excluding carboxylic acids is 1. The van der Waals surface area contributed by atoms with Gasteiger partial charge in [-0.25, -0.2) is 4.39 Å². The number of aliphatic hydroxyl groups is 1. The summed E-state index contributed by atoms with van der Waals surface area (Å²) in [5.41, 5.74) is -0.925. The second-order valence-electron chi connectivity index (χ2n) is 6.33. The third-order valence-electron chi connectivity index (χ3n) is 4.23. The zero-order valence-corrected chi connectivity index (χ0v) is 13.8. The number of pyridine rings is 1. The molecule has 0 radical (unpaired) electrons. The fraction of sp³-hybridized carbons (Fsp3) is 0.333. The summed E-state index contributed by atoms with van der Waals surface area (Å²) >= 11 is 0. The van der Waals surface area contributed by atoms with Crippen molar-refractivity contribution in [2.75, 3.05) is 19.7 Å². The number of ether oxygens (including phenoxy) is 1. The molecule has 2 heterocycles. The average molecular weight is 346 g/mol. The monoisotopic (exact) mass is 346 g/mol. The highest BCUT2D eigenvalue weighted by molar-refractivity contribution is 5.94. The molecule has 1 atom stereocenters. The van der Waals surface area contributed by atoms with Gasteiger partial charge in [-0.3, -0.25) is 9.59 Å². The molecule has 0 bridgehead atoms. The number of rotatable bonds is 4. The van der Waals surface area contributed by atoms with Crippen LogP contribution in [0.4, 0.5) is 4.39 Å². The summed E-state index contributed by atoms with van der Waals surface area (Å²) in [4.78, 5) is 28.4. The van der Waals surface area contributed by atoms with Gasteiger partial charge in [-0.2, -0.15) is 0 Å². The van der Waals surface area contributed by atoms with Gasteiger partial charge >= 0.3 is 0 Å². The number of nitrogens with zero attached hydrogens (tertiary/aromatic N) is 1. The van der Waals surface area contributed by atoms with Crippen molar-refractivity contribution in [3.8, 4) is 5.75 Å². The zero-order valence-electron chi connectivity index (χ0n) is 13.8. The van der Waals surface area contributed by atoms with Crippen LogP contribution in [0.2, 0.25) is 0 Å². The van der Waals surface area contributed by atoms with Crippen molar-refractivity contribution in [3.05, 3.63) is 63.8 Å². The van der Waals surface area contributed by atoms with E-state index in [4.69, 9.17) is 4.74 Å². The van der Waals surface area contributed by atoms with E-state index in [1.807, 2.05) is 0 Å². The molecule has 1 fully saturated rings. The minimum absolute atomic E-state index is 0.0212. The van der Waals surface area contributed by atoms with Gasteiger partial charge in [0.2, 0.25) is 0 Å². The van der Waals surface area contributed by atoms with Gasteiger partial charge in [-0.1, -0.05) is 0 Å². The minimum atomic E-state index is -1.21. The Bertz CT molecular complexity index is 834. The standard InChI is InChI=1S/C18H19FN2O4/c1-12-2-7-15(16(22)20-12)17(23)21-9-8-18(24,10-21)11-25-14-5-3-13(19)4-6-14/h2-7,24H,8-11H2,1H3,(H,20,22). The normalized spacial score (nSPS) is 19.9. The Morgan fingerprint density at radius 3 is 2.72 bits per heavy atom. The number of benzene rings is 1. The maximum absolute atomic E-state index is 12.9. The van der Waals surface area contributed by atoms with Gasteiger partial charge in [0.15, 0.2) is 0 Å². The first-order valence-corrected chi connectivity index (χ1v) is 7.96. The van der Waals surface area contributed by atoms with Crippen LogP contribution in [0.15, 0.2) is 41.2 Å². The van der Waals surface area contributed by atoms with Crippen LogP contribution >= 0.6 is 0 Å². The SMILES string of the molecule is Cc1ccc(C(=O)N2CCC(O)(COc3ccc(F)cc3)C2)c(=O)[nH]1. The fourth-order valence-electron chi connectivity index (χ4n) is 2.81. The second-order valence-corrected chi connectivity index (χ2v) is 6.33. The van der Waals surface area contributed by atoms with Crippen LogP contribution in [0.5, 0.6) is 5.75 Å². The van der Waals surface area contributed by atoms with E-state index in [0.717, 1.165) is 0 Å². The first-order chi connectivity index (χ1) is 11.9. The van der Waals surface area contributed by atoms with Crippen molar-refractivity contribution in [2.45, 2.75) is 18.9 Å². The van der Waals surface area contributed by atoms with Gasteiger partial charge in [0.25, 0.3) is 11.5 Å². The summed E-state index contributed by atoms with van der Waals surface area (Å²) in [6, 6.07) is 8.64. The van der Waals surface area contributed by atoms with Crippen molar-refractivity contribution in [2.24, 2.45) is 0 Å². The van der Waals surface area contributed by atoms with Crippen molar-refractivity contribution in [3.63, 3.8) is 0 Å². The van der Waals surface area contributed by atoms with E-state index in [0.29, 0.717) is 24.4 Å². The van der Waals surface area contributed by atoms with Gasteiger partial charge in [0.1, 0.15) is 29.3 Å². The van der Waals surface area contributed by atoms with Crippen LogP contribution < -0.4 is 10.3 Å². The number of hydrogen-bond donors (Lipinski definition) is 2. The van der Waals surface area contributed by atoms with Crippen LogP contribution in [0, 0.1) is 12.7 Å². The van der Waals surface area contributed by atoms with Crippen molar-refractivity contribution in [1.82, 2.24) is 9.88 Å². The van der Waals surface area contributed by atoms with Crippen LogP contribution in [0.1, 0.15) is 22.5 Å². The number of hydrogen-bond acceptors (Lipinski definition) is 4. The molecule has 1 aromatic carbocycles. The van der Waals surface area contributed by atoms with Crippen LogP contribution in [0.25, 0.3) is 0 Å². The first-order valence-electron chi connectivity index (χ1n) is 7.96. The average Bonchev–Trinajstić information content (AvgIpc) is 2.97. The quantitative estimate of drug-likeness (QED) is 0.878. The molecule has 132 valence electrons. The lowest BCUT2D eigenvalue weighted by Crippen LogP contribution is -2.41. The molecular weight excluding hydrogens is 327 g/mol. The number of likely N-dealkylation sites (tertiary alicyclic amines) is 1. The van der Waals surface area contributed by atoms with E-state index in [1.54, 1.807) is 13.0 Å². The summed E-state index contributed by atoms with van der Waals surface area (Å²) in [6.07, 6.45) is 0.337. The van der Waals surface area contributed by atoms with Gasteiger partial charge in [-0.05, 0) is 49.7 Å². The van der Waals surface area contributed by atoms with Gasteiger partial charge < -0.3 is 19.7 Å². The van der Waals surface area contributed by atoms with E-state index < -0.39 is 17.1 Å².